The van der Waals surface area contributed by atoms with Gasteiger partial charge in [-0.1, -0.05) is 31.4 Å². The molecule has 2 N–H and O–H groups in total. The summed E-state index contributed by atoms with van der Waals surface area (Å²) in [5, 5.41) is 12.6. The van der Waals surface area contributed by atoms with Crippen molar-refractivity contribution in [3.63, 3.8) is 0 Å². The number of halogens is 6. The standard InChI is InChI=1S/C29H29F6N3O4/c1-42-21-9-7-19(8-10-21)36-38-23(25(39)16-13-17(28(30,31)32)15-18(14-16)29(33,34)35)12-11-22-24(38)27(41)37(26(22)40)20-5-3-2-4-6-20/h7-15,20,22-25,36,39H,2-6H2,1H3. The third kappa shape index (κ3) is 5.71. The molecule has 0 spiro atoms. The minimum atomic E-state index is -5.11. The van der Waals surface area contributed by atoms with E-state index in [-0.39, 0.29) is 12.1 Å². The van der Waals surface area contributed by atoms with Gasteiger partial charge in [0.1, 0.15) is 11.8 Å². The lowest BCUT2D eigenvalue weighted by Crippen LogP contribution is -2.56. The first-order valence-electron chi connectivity index (χ1n) is 13.5. The van der Waals surface area contributed by atoms with E-state index < -0.39 is 65.0 Å². The number of hydrogen-bond acceptors (Lipinski definition) is 6. The molecule has 0 aromatic heterocycles. The van der Waals surface area contributed by atoms with Gasteiger partial charge < -0.3 is 15.3 Å². The number of anilines is 1. The van der Waals surface area contributed by atoms with Gasteiger partial charge in [-0.3, -0.25) is 14.5 Å². The molecule has 1 saturated heterocycles. The van der Waals surface area contributed by atoms with E-state index >= 15 is 0 Å². The molecule has 0 radical (unpaired) electrons. The molecule has 226 valence electrons. The number of methoxy groups -OCH3 is 1. The Morgan fingerprint density at radius 1 is 0.881 bits per heavy atom. The third-order valence-electron chi connectivity index (χ3n) is 8.05. The lowest BCUT2D eigenvalue weighted by molar-refractivity contribution is -0.144. The van der Waals surface area contributed by atoms with E-state index in [0.717, 1.165) is 19.3 Å². The van der Waals surface area contributed by atoms with Gasteiger partial charge in [0, 0.05) is 11.7 Å². The van der Waals surface area contributed by atoms with Crippen LogP contribution in [0.5, 0.6) is 5.75 Å². The number of ether oxygens (including phenoxy) is 1. The molecule has 1 aliphatic carbocycles. The highest BCUT2D eigenvalue weighted by molar-refractivity contribution is 6.08. The number of carbonyl (C=O) groups excluding carboxylic acids is 2. The second kappa shape index (κ2) is 11.3. The average molecular weight is 598 g/mol. The molecule has 13 heteroatoms. The van der Waals surface area contributed by atoms with E-state index in [9.17, 15) is 41.0 Å². The van der Waals surface area contributed by atoms with Gasteiger partial charge in [0.15, 0.2) is 0 Å². The molecule has 7 nitrogen and oxygen atoms in total. The Morgan fingerprint density at radius 2 is 1.48 bits per heavy atom. The van der Waals surface area contributed by atoms with Crippen LogP contribution in [-0.4, -0.2) is 52.1 Å². The van der Waals surface area contributed by atoms with Crippen molar-refractivity contribution in [2.24, 2.45) is 5.92 Å². The van der Waals surface area contributed by atoms with Crippen molar-refractivity contribution in [3.8, 4) is 5.75 Å². The minimum absolute atomic E-state index is 0.0163. The summed E-state index contributed by atoms with van der Waals surface area (Å²) < 4.78 is 86.6. The van der Waals surface area contributed by atoms with Gasteiger partial charge in [-0.2, -0.15) is 26.3 Å². The van der Waals surface area contributed by atoms with Crippen molar-refractivity contribution in [2.75, 3.05) is 12.5 Å². The number of aliphatic hydroxyl groups is 1. The maximum absolute atomic E-state index is 13.8. The highest BCUT2D eigenvalue weighted by Crippen LogP contribution is 2.42. The Kier molecular flexibility index (Phi) is 8.01. The van der Waals surface area contributed by atoms with E-state index in [2.05, 4.69) is 5.43 Å². The topological polar surface area (TPSA) is 82.1 Å². The Labute approximate surface area is 237 Å². The molecule has 5 rings (SSSR count). The first kappa shape index (κ1) is 29.9. The van der Waals surface area contributed by atoms with Crippen LogP contribution in [0, 0.1) is 5.92 Å². The number of carbonyl (C=O) groups is 2. The van der Waals surface area contributed by atoms with Crippen LogP contribution in [0.15, 0.2) is 54.6 Å². The summed E-state index contributed by atoms with van der Waals surface area (Å²) in [6.07, 6.45) is -5.46. The van der Waals surface area contributed by atoms with Crippen molar-refractivity contribution < 1.29 is 45.8 Å². The van der Waals surface area contributed by atoms with Crippen LogP contribution in [0.25, 0.3) is 0 Å². The van der Waals surface area contributed by atoms with Crippen LogP contribution in [0.3, 0.4) is 0 Å². The van der Waals surface area contributed by atoms with Crippen molar-refractivity contribution in [3.05, 3.63) is 71.3 Å². The number of hydrazine groups is 1. The lowest BCUT2D eigenvalue weighted by Gasteiger charge is -2.41. The normalized spacial score (nSPS) is 24.6. The average Bonchev–Trinajstić information content (AvgIpc) is 3.22. The fourth-order valence-corrected chi connectivity index (χ4v) is 5.95. The Balaban J connectivity index is 1.56. The molecule has 2 aromatic rings. The highest BCUT2D eigenvalue weighted by atomic mass is 19.4. The van der Waals surface area contributed by atoms with E-state index in [1.807, 2.05) is 0 Å². The smallest absolute Gasteiger partial charge is 0.416 e. The molecular formula is C29H29F6N3O4. The summed E-state index contributed by atoms with van der Waals surface area (Å²) in [6, 6.07) is 4.46. The van der Waals surface area contributed by atoms with E-state index in [1.165, 1.54) is 29.2 Å². The van der Waals surface area contributed by atoms with Crippen LogP contribution in [-0.2, 0) is 21.9 Å². The van der Waals surface area contributed by atoms with Crippen LogP contribution in [0.1, 0.15) is 54.9 Å². The van der Waals surface area contributed by atoms with E-state index in [0.29, 0.717) is 36.4 Å². The van der Waals surface area contributed by atoms with E-state index in [4.69, 9.17) is 4.74 Å². The molecule has 2 amide bonds. The zero-order valence-corrected chi connectivity index (χ0v) is 22.5. The van der Waals surface area contributed by atoms with Gasteiger partial charge >= 0.3 is 12.4 Å². The number of fused-ring (bicyclic) bond motifs is 1. The second-order valence-electron chi connectivity index (χ2n) is 10.7. The van der Waals surface area contributed by atoms with Gasteiger partial charge in [0.05, 0.1) is 36.3 Å². The molecule has 2 aromatic carbocycles. The molecule has 2 aliphatic heterocycles. The Bertz CT molecular complexity index is 1320. The Morgan fingerprint density at radius 3 is 2.02 bits per heavy atom. The van der Waals surface area contributed by atoms with Gasteiger partial charge in [0.2, 0.25) is 11.8 Å². The number of imide groups is 1. The van der Waals surface area contributed by atoms with Crippen molar-refractivity contribution >= 4 is 17.5 Å². The third-order valence-corrected chi connectivity index (χ3v) is 8.05. The first-order valence-corrected chi connectivity index (χ1v) is 13.5. The number of likely N-dealkylation sites (tertiary alicyclic amines) is 1. The van der Waals surface area contributed by atoms with Crippen LogP contribution >= 0.6 is 0 Å². The van der Waals surface area contributed by atoms with Crippen molar-refractivity contribution in [2.45, 2.75) is 68.7 Å². The zero-order chi connectivity index (χ0) is 30.4. The van der Waals surface area contributed by atoms with Gasteiger partial charge in [-0.25, -0.2) is 5.01 Å². The molecule has 3 aliphatic rings. The maximum atomic E-state index is 13.8. The predicted molar refractivity (Wildman–Crippen MR) is 139 cm³/mol. The molecular weight excluding hydrogens is 568 g/mol. The summed E-state index contributed by atoms with van der Waals surface area (Å²) in [5.41, 5.74) is -0.417. The fourth-order valence-electron chi connectivity index (χ4n) is 5.95. The van der Waals surface area contributed by atoms with Gasteiger partial charge in [-0.15, -0.1) is 0 Å². The highest BCUT2D eigenvalue weighted by Gasteiger charge is 2.55. The molecule has 2 fully saturated rings. The molecule has 42 heavy (non-hydrogen) atoms. The van der Waals surface area contributed by atoms with E-state index in [1.54, 1.807) is 24.3 Å². The SMILES string of the molecule is COc1ccc(NN2C(C(O)c3cc(C(F)(F)F)cc(C(F)(F)F)c3)C=CC3C(=O)N(C4CCCCC4)C(=O)C32)cc1. The summed E-state index contributed by atoms with van der Waals surface area (Å²) in [5.74, 6) is -1.42. The lowest BCUT2D eigenvalue weighted by atomic mass is 9.89. The first-order chi connectivity index (χ1) is 19.8. The largest absolute Gasteiger partial charge is 0.497 e. The molecule has 1 saturated carbocycles. The summed E-state index contributed by atoms with van der Waals surface area (Å²) in [7, 11) is 1.46. The van der Waals surface area contributed by atoms with Gasteiger partial charge in [-0.05, 0) is 60.9 Å². The second-order valence-corrected chi connectivity index (χ2v) is 10.7. The minimum Gasteiger partial charge on any atom is -0.497 e. The number of amides is 2. The van der Waals surface area contributed by atoms with Crippen LogP contribution < -0.4 is 10.2 Å². The maximum Gasteiger partial charge on any atom is 0.416 e. The van der Waals surface area contributed by atoms with Crippen LogP contribution in [0.2, 0.25) is 0 Å². The number of rotatable bonds is 6. The molecule has 0 bridgehead atoms. The Hall–Kier alpha value is -3.58. The molecule has 2 heterocycles. The summed E-state index contributed by atoms with van der Waals surface area (Å²) in [6.45, 7) is 0. The van der Waals surface area contributed by atoms with Crippen molar-refractivity contribution in [1.82, 2.24) is 9.91 Å². The zero-order valence-electron chi connectivity index (χ0n) is 22.5. The monoisotopic (exact) mass is 597 g/mol. The molecule has 4 unspecified atom stereocenters. The quantitative estimate of drug-likeness (QED) is 0.252. The fraction of sp³-hybridized carbons (Fsp3) is 0.448. The predicted octanol–water partition coefficient (Wildman–Crippen LogP) is 5.72. The number of alkyl halides is 6. The summed E-state index contributed by atoms with van der Waals surface area (Å²) in [4.78, 5) is 28.5. The number of hydrogen-bond donors (Lipinski definition) is 2. The summed E-state index contributed by atoms with van der Waals surface area (Å²) >= 11 is 0. The molecule has 4 atom stereocenters. The van der Waals surface area contributed by atoms with Crippen LogP contribution in [0.4, 0.5) is 32.0 Å². The van der Waals surface area contributed by atoms with Gasteiger partial charge in [0.25, 0.3) is 0 Å². The number of nitrogens with one attached hydrogen (secondary N) is 1. The van der Waals surface area contributed by atoms with Crippen molar-refractivity contribution in [1.29, 1.82) is 0 Å². The number of benzene rings is 2. The number of aliphatic hydroxyl groups excluding tert-OH is 1. The number of nitrogens with zero attached hydrogens (tertiary/aromatic N) is 2.